The Morgan fingerprint density at radius 3 is 2.61 bits per heavy atom. The lowest BCUT2D eigenvalue weighted by Gasteiger charge is -2.14. The number of amides is 2. The van der Waals surface area contributed by atoms with E-state index in [1.54, 1.807) is 37.1 Å². The molecule has 2 rings (SSSR count). The summed E-state index contributed by atoms with van der Waals surface area (Å²) in [6, 6.07) is 3.30. The molecule has 2 N–H and O–H groups in total. The Labute approximate surface area is 134 Å². The minimum atomic E-state index is -0.373. The second-order valence-electron chi connectivity index (χ2n) is 5.25. The van der Waals surface area contributed by atoms with E-state index in [-0.39, 0.29) is 29.1 Å². The molecule has 23 heavy (non-hydrogen) atoms. The SMILES string of the molecule is CCC(C)c1cc(NC(=O)c2ccn(C)n2)nnc1C(=O)NC. The molecule has 0 bridgehead atoms. The summed E-state index contributed by atoms with van der Waals surface area (Å²) in [5.74, 6) is -0.259. The highest BCUT2D eigenvalue weighted by Gasteiger charge is 2.19. The zero-order chi connectivity index (χ0) is 17.0. The first kappa shape index (κ1) is 16.6. The third-order valence-corrected chi connectivity index (χ3v) is 3.60. The van der Waals surface area contributed by atoms with Crippen molar-refractivity contribution in [3.63, 3.8) is 0 Å². The number of nitrogens with zero attached hydrogens (tertiary/aromatic N) is 4. The van der Waals surface area contributed by atoms with Crippen molar-refractivity contribution < 1.29 is 9.59 Å². The van der Waals surface area contributed by atoms with Gasteiger partial charge in [0.05, 0.1) is 0 Å². The van der Waals surface area contributed by atoms with Gasteiger partial charge in [-0.05, 0) is 30.0 Å². The number of carbonyl (C=O) groups excluding carboxylic acids is 2. The molecule has 122 valence electrons. The number of hydrogen-bond acceptors (Lipinski definition) is 5. The van der Waals surface area contributed by atoms with Crippen LogP contribution in [0, 0.1) is 0 Å². The fourth-order valence-electron chi connectivity index (χ4n) is 2.07. The summed E-state index contributed by atoms with van der Waals surface area (Å²) in [5.41, 5.74) is 1.31. The van der Waals surface area contributed by atoms with Gasteiger partial charge in [0.2, 0.25) is 0 Å². The smallest absolute Gasteiger partial charge is 0.277 e. The van der Waals surface area contributed by atoms with Crippen molar-refractivity contribution in [3.05, 3.63) is 35.3 Å². The van der Waals surface area contributed by atoms with Crippen molar-refractivity contribution >= 4 is 17.6 Å². The maximum atomic E-state index is 12.1. The predicted molar refractivity (Wildman–Crippen MR) is 85.3 cm³/mol. The van der Waals surface area contributed by atoms with Gasteiger partial charge >= 0.3 is 0 Å². The number of carbonyl (C=O) groups is 2. The first-order valence-electron chi connectivity index (χ1n) is 7.37. The molecule has 8 heteroatoms. The van der Waals surface area contributed by atoms with Gasteiger partial charge in [0.1, 0.15) is 0 Å². The molecule has 2 aromatic heterocycles. The van der Waals surface area contributed by atoms with Crippen molar-refractivity contribution in [2.24, 2.45) is 7.05 Å². The van der Waals surface area contributed by atoms with Crippen LogP contribution in [0.25, 0.3) is 0 Å². The average molecular weight is 316 g/mol. The van der Waals surface area contributed by atoms with E-state index in [4.69, 9.17) is 0 Å². The van der Waals surface area contributed by atoms with Crippen LogP contribution in [0.3, 0.4) is 0 Å². The lowest BCUT2D eigenvalue weighted by Crippen LogP contribution is -2.23. The second kappa shape index (κ2) is 6.99. The van der Waals surface area contributed by atoms with Gasteiger partial charge in [0.25, 0.3) is 11.8 Å². The van der Waals surface area contributed by atoms with Crippen molar-refractivity contribution in [1.29, 1.82) is 0 Å². The van der Waals surface area contributed by atoms with Crippen LogP contribution in [-0.4, -0.2) is 38.8 Å². The molecule has 8 nitrogen and oxygen atoms in total. The third kappa shape index (κ3) is 3.71. The molecule has 0 saturated carbocycles. The summed E-state index contributed by atoms with van der Waals surface area (Å²) in [5, 5.41) is 17.1. The van der Waals surface area contributed by atoms with Gasteiger partial charge in [0, 0.05) is 20.3 Å². The predicted octanol–water partition coefficient (Wildman–Crippen LogP) is 1.34. The summed E-state index contributed by atoms with van der Waals surface area (Å²) in [4.78, 5) is 24.0. The van der Waals surface area contributed by atoms with Gasteiger partial charge in [-0.2, -0.15) is 5.10 Å². The zero-order valence-corrected chi connectivity index (χ0v) is 13.6. The van der Waals surface area contributed by atoms with Gasteiger partial charge in [-0.15, -0.1) is 10.2 Å². The van der Waals surface area contributed by atoms with Crippen LogP contribution in [0.2, 0.25) is 0 Å². The summed E-state index contributed by atoms with van der Waals surface area (Å²) in [6.45, 7) is 4.01. The van der Waals surface area contributed by atoms with Crippen molar-refractivity contribution in [3.8, 4) is 0 Å². The van der Waals surface area contributed by atoms with E-state index in [2.05, 4.69) is 25.9 Å². The molecule has 0 fully saturated rings. The highest BCUT2D eigenvalue weighted by atomic mass is 16.2. The van der Waals surface area contributed by atoms with E-state index in [0.717, 1.165) is 12.0 Å². The molecule has 0 aliphatic heterocycles. The molecule has 2 amide bonds. The lowest BCUT2D eigenvalue weighted by molar-refractivity contribution is 0.0955. The Morgan fingerprint density at radius 2 is 2.04 bits per heavy atom. The van der Waals surface area contributed by atoms with E-state index in [1.807, 2.05) is 13.8 Å². The van der Waals surface area contributed by atoms with Crippen LogP contribution in [0.4, 0.5) is 5.82 Å². The van der Waals surface area contributed by atoms with Crippen molar-refractivity contribution in [2.45, 2.75) is 26.2 Å². The number of anilines is 1. The maximum absolute atomic E-state index is 12.1. The first-order valence-corrected chi connectivity index (χ1v) is 7.37. The van der Waals surface area contributed by atoms with Crippen LogP contribution in [-0.2, 0) is 7.05 Å². The zero-order valence-electron chi connectivity index (χ0n) is 13.6. The highest BCUT2D eigenvalue weighted by Crippen LogP contribution is 2.23. The molecule has 0 aliphatic rings. The Bertz CT molecular complexity index is 725. The first-order chi connectivity index (χ1) is 11.0. The summed E-state index contributed by atoms with van der Waals surface area (Å²) >= 11 is 0. The molecule has 1 unspecified atom stereocenters. The third-order valence-electron chi connectivity index (χ3n) is 3.60. The summed E-state index contributed by atoms with van der Waals surface area (Å²) < 4.78 is 1.54. The van der Waals surface area contributed by atoms with Crippen LogP contribution in [0.5, 0.6) is 0 Å². The molecule has 0 radical (unpaired) electrons. The van der Waals surface area contributed by atoms with E-state index in [0.29, 0.717) is 5.82 Å². The highest BCUT2D eigenvalue weighted by molar-refractivity contribution is 6.02. The number of aromatic nitrogens is 4. The monoisotopic (exact) mass is 316 g/mol. The fraction of sp³-hybridized carbons (Fsp3) is 0.400. The molecule has 2 heterocycles. The molecule has 0 spiro atoms. The molecule has 0 aliphatic carbocycles. The minimum Gasteiger partial charge on any atom is -0.354 e. The quantitative estimate of drug-likeness (QED) is 0.866. The molecule has 2 aromatic rings. The van der Waals surface area contributed by atoms with Gasteiger partial charge in [-0.25, -0.2) is 0 Å². The van der Waals surface area contributed by atoms with Gasteiger partial charge in [-0.3, -0.25) is 14.3 Å². The number of aryl methyl sites for hydroxylation is 1. The molecule has 0 aromatic carbocycles. The van der Waals surface area contributed by atoms with Crippen molar-refractivity contribution in [1.82, 2.24) is 25.3 Å². The summed E-state index contributed by atoms with van der Waals surface area (Å²) in [6.07, 6.45) is 2.52. The van der Waals surface area contributed by atoms with E-state index in [9.17, 15) is 9.59 Å². The van der Waals surface area contributed by atoms with Gasteiger partial charge in [-0.1, -0.05) is 13.8 Å². The van der Waals surface area contributed by atoms with Crippen LogP contribution >= 0.6 is 0 Å². The number of hydrogen-bond donors (Lipinski definition) is 2. The molecular weight excluding hydrogens is 296 g/mol. The Morgan fingerprint density at radius 1 is 1.30 bits per heavy atom. The second-order valence-corrected chi connectivity index (χ2v) is 5.25. The Balaban J connectivity index is 2.29. The standard InChI is InChI=1S/C15H20N6O2/c1-5-9(2)10-8-12(18-19-13(10)15(23)16-3)17-14(22)11-6-7-21(4)20-11/h6-9H,5H2,1-4H3,(H,16,23)(H,17,18,22). The largest absolute Gasteiger partial charge is 0.354 e. The number of rotatable bonds is 5. The Kier molecular flexibility index (Phi) is 5.05. The summed E-state index contributed by atoms with van der Waals surface area (Å²) in [7, 11) is 3.27. The van der Waals surface area contributed by atoms with Crippen molar-refractivity contribution in [2.75, 3.05) is 12.4 Å². The van der Waals surface area contributed by atoms with Gasteiger partial charge < -0.3 is 10.6 Å². The van der Waals surface area contributed by atoms with Crippen LogP contribution in [0.15, 0.2) is 18.3 Å². The molecular formula is C15H20N6O2. The maximum Gasteiger partial charge on any atom is 0.277 e. The number of nitrogens with one attached hydrogen (secondary N) is 2. The minimum absolute atomic E-state index is 0.114. The topological polar surface area (TPSA) is 102 Å². The van der Waals surface area contributed by atoms with E-state index >= 15 is 0 Å². The molecule has 0 saturated heterocycles. The van der Waals surface area contributed by atoms with Crippen LogP contribution < -0.4 is 10.6 Å². The van der Waals surface area contributed by atoms with Crippen LogP contribution in [0.1, 0.15) is 52.7 Å². The lowest BCUT2D eigenvalue weighted by atomic mass is 9.97. The molecule has 1 atom stereocenters. The van der Waals surface area contributed by atoms with E-state index < -0.39 is 0 Å². The Hall–Kier alpha value is -2.77. The average Bonchev–Trinajstić information content (AvgIpc) is 3.00. The fourth-order valence-corrected chi connectivity index (χ4v) is 2.07. The normalized spacial score (nSPS) is 11.8. The van der Waals surface area contributed by atoms with E-state index in [1.165, 1.54) is 0 Å². The van der Waals surface area contributed by atoms with Gasteiger partial charge in [0.15, 0.2) is 17.2 Å².